The van der Waals surface area contributed by atoms with Gasteiger partial charge in [-0.3, -0.25) is 4.98 Å². The highest BCUT2D eigenvalue weighted by atomic mass is 32.2. The van der Waals surface area contributed by atoms with Crippen molar-refractivity contribution in [3.05, 3.63) is 245 Å². The number of nitrogens with one attached hydrogen (secondary N) is 2. The molecule has 1 heterocycles. The average Bonchev–Trinajstić information content (AvgIpc) is 3.26. The number of nitrogens with zero attached hydrogens (tertiary/aromatic N) is 1. The molecular formula is C49H47N3S2. The number of benzene rings is 6. The summed E-state index contributed by atoms with van der Waals surface area (Å²) in [6.07, 6.45) is 0. The monoisotopic (exact) mass is 741 g/mol. The van der Waals surface area contributed by atoms with Gasteiger partial charge in [-0.25, -0.2) is 0 Å². The van der Waals surface area contributed by atoms with E-state index in [2.05, 4.69) is 211 Å². The molecule has 6 aromatic carbocycles. The van der Waals surface area contributed by atoms with Gasteiger partial charge >= 0.3 is 0 Å². The Morgan fingerprint density at radius 1 is 0.333 bits per heavy atom. The average molecular weight is 742 g/mol. The number of pyridine rings is 1. The maximum Gasteiger partial charge on any atom is 0.0907 e. The molecule has 0 aliphatic carbocycles. The Bertz CT molecular complexity index is 1770. The van der Waals surface area contributed by atoms with Crippen LogP contribution >= 0.6 is 23.5 Å². The third-order valence-electron chi connectivity index (χ3n) is 9.75. The van der Waals surface area contributed by atoms with Crippen molar-refractivity contribution in [1.82, 2.24) is 15.6 Å². The van der Waals surface area contributed by atoms with Gasteiger partial charge in [0.05, 0.1) is 20.9 Å². The molecule has 2 N–H and O–H groups in total. The van der Waals surface area contributed by atoms with Gasteiger partial charge in [0.15, 0.2) is 0 Å². The van der Waals surface area contributed by atoms with Gasteiger partial charge in [-0.1, -0.05) is 188 Å². The largest absolute Gasteiger partial charge is 0.310 e. The van der Waals surface area contributed by atoms with Gasteiger partial charge in [-0.2, -0.15) is 0 Å². The van der Waals surface area contributed by atoms with E-state index >= 15 is 0 Å². The van der Waals surface area contributed by atoms with Crippen molar-refractivity contribution < 1.29 is 0 Å². The summed E-state index contributed by atoms with van der Waals surface area (Å²) in [5.74, 6) is 1.88. The molecule has 54 heavy (non-hydrogen) atoms. The SMILES string of the molecule is c1ccc(C(SCCNCc2cccc(CNCCSC(c3ccccc3)(c3ccccc3)c3ccccc3)n2)(c2ccccc2)c2ccccc2)cc1. The molecule has 0 saturated heterocycles. The highest BCUT2D eigenvalue weighted by Crippen LogP contribution is 2.49. The summed E-state index contributed by atoms with van der Waals surface area (Å²) in [5, 5.41) is 7.38. The van der Waals surface area contributed by atoms with Gasteiger partial charge in [-0.05, 0) is 45.5 Å². The fraction of sp³-hybridized carbons (Fsp3) is 0.163. The summed E-state index contributed by atoms with van der Waals surface area (Å²) in [5.41, 5.74) is 9.86. The zero-order valence-corrected chi connectivity index (χ0v) is 32.2. The highest BCUT2D eigenvalue weighted by molar-refractivity contribution is 8.00. The van der Waals surface area contributed by atoms with Crippen LogP contribution in [0.1, 0.15) is 44.8 Å². The minimum atomic E-state index is -0.309. The van der Waals surface area contributed by atoms with Crippen LogP contribution in [-0.4, -0.2) is 29.6 Å². The molecule has 0 radical (unpaired) electrons. The van der Waals surface area contributed by atoms with Crippen molar-refractivity contribution >= 4 is 23.5 Å². The van der Waals surface area contributed by atoms with Gasteiger partial charge in [0.25, 0.3) is 0 Å². The molecule has 0 bridgehead atoms. The van der Waals surface area contributed by atoms with Crippen LogP contribution in [0.5, 0.6) is 0 Å². The molecule has 5 heteroatoms. The van der Waals surface area contributed by atoms with Crippen molar-refractivity contribution in [3.63, 3.8) is 0 Å². The number of thioether (sulfide) groups is 2. The molecule has 0 aliphatic heterocycles. The third kappa shape index (κ3) is 8.72. The van der Waals surface area contributed by atoms with Gasteiger partial charge < -0.3 is 10.6 Å². The predicted octanol–water partition coefficient (Wildman–Crippen LogP) is 10.7. The Balaban J connectivity index is 0.961. The van der Waals surface area contributed by atoms with Crippen LogP contribution in [0.4, 0.5) is 0 Å². The second kappa shape index (κ2) is 18.9. The molecular weight excluding hydrogens is 695 g/mol. The summed E-state index contributed by atoms with van der Waals surface area (Å²) in [7, 11) is 0. The van der Waals surface area contributed by atoms with Crippen molar-refractivity contribution in [2.24, 2.45) is 0 Å². The van der Waals surface area contributed by atoms with E-state index in [0.717, 1.165) is 49.1 Å². The van der Waals surface area contributed by atoms with Gasteiger partial charge in [-0.15, -0.1) is 23.5 Å². The zero-order chi connectivity index (χ0) is 36.7. The lowest BCUT2D eigenvalue weighted by Crippen LogP contribution is -2.28. The Kier molecular flexibility index (Phi) is 13.1. The summed E-state index contributed by atoms with van der Waals surface area (Å²) >= 11 is 3.97. The molecule has 7 aromatic rings. The van der Waals surface area contributed by atoms with Gasteiger partial charge in [0.2, 0.25) is 0 Å². The van der Waals surface area contributed by atoms with Crippen LogP contribution in [0.2, 0.25) is 0 Å². The maximum absolute atomic E-state index is 5.01. The normalized spacial score (nSPS) is 11.7. The zero-order valence-electron chi connectivity index (χ0n) is 30.6. The van der Waals surface area contributed by atoms with Crippen molar-refractivity contribution in [3.8, 4) is 0 Å². The first-order valence-corrected chi connectivity index (χ1v) is 20.7. The molecule has 270 valence electrons. The number of hydrogen-bond donors (Lipinski definition) is 2. The van der Waals surface area contributed by atoms with E-state index in [-0.39, 0.29) is 9.49 Å². The van der Waals surface area contributed by atoms with Crippen LogP contribution in [0, 0.1) is 0 Å². The highest BCUT2D eigenvalue weighted by Gasteiger charge is 2.37. The molecule has 0 saturated carbocycles. The second-order valence-electron chi connectivity index (χ2n) is 13.2. The van der Waals surface area contributed by atoms with Crippen molar-refractivity contribution in [2.75, 3.05) is 24.6 Å². The van der Waals surface area contributed by atoms with E-state index in [0.29, 0.717) is 0 Å². The van der Waals surface area contributed by atoms with E-state index in [1.54, 1.807) is 0 Å². The molecule has 3 nitrogen and oxygen atoms in total. The quantitative estimate of drug-likeness (QED) is 0.0677. The lowest BCUT2D eigenvalue weighted by molar-refractivity contribution is 0.685. The Morgan fingerprint density at radius 2 is 0.593 bits per heavy atom. The molecule has 7 rings (SSSR count). The second-order valence-corrected chi connectivity index (χ2v) is 15.8. The Labute approximate surface area is 329 Å². The number of aromatic nitrogens is 1. The van der Waals surface area contributed by atoms with E-state index in [1.807, 2.05) is 23.5 Å². The van der Waals surface area contributed by atoms with E-state index in [4.69, 9.17) is 4.98 Å². The molecule has 0 atom stereocenters. The Hall–Kier alpha value is -4.91. The van der Waals surface area contributed by atoms with Crippen LogP contribution in [0.3, 0.4) is 0 Å². The lowest BCUT2D eigenvalue weighted by atomic mass is 9.84. The first-order valence-electron chi connectivity index (χ1n) is 18.8. The van der Waals surface area contributed by atoms with Crippen LogP contribution in [0.15, 0.2) is 200 Å². The van der Waals surface area contributed by atoms with E-state index in [9.17, 15) is 0 Å². The number of hydrogen-bond acceptors (Lipinski definition) is 5. The fourth-order valence-corrected chi connectivity index (χ4v) is 10.2. The summed E-state index contributed by atoms with van der Waals surface area (Å²) in [6.45, 7) is 3.19. The first kappa shape index (κ1) is 37.4. The minimum absolute atomic E-state index is 0.309. The fourth-order valence-electron chi connectivity index (χ4n) is 7.25. The number of rotatable bonds is 18. The topological polar surface area (TPSA) is 37.0 Å². The molecule has 0 unspecified atom stereocenters. The molecule has 1 aromatic heterocycles. The lowest BCUT2D eigenvalue weighted by Gasteiger charge is -2.35. The van der Waals surface area contributed by atoms with Crippen LogP contribution in [-0.2, 0) is 22.6 Å². The molecule has 0 aliphatic rings. The predicted molar refractivity (Wildman–Crippen MR) is 231 cm³/mol. The Morgan fingerprint density at radius 3 is 0.852 bits per heavy atom. The molecule has 0 amide bonds. The van der Waals surface area contributed by atoms with Gasteiger partial charge in [0.1, 0.15) is 0 Å². The summed E-state index contributed by atoms with van der Waals surface area (Å²) in [6, 6.07) is 71.8. The first-order chi connectivity index (χ1) is 26.8. The molecule has 0 fully saturated rings. The van der Waals surface area contributed by atoms with Gasteiger partial charge in [0, 0.05) is 37.7 Å². The van der Waals surface area contributed by atoms with Crippen molar-refractivity contribution in [1.29, 1.82) is 0 Å². The minimum Gasteiger partial charge on any atom is -0.310 e. The standard InChI is InChI=1S/C49H47N3S2/c1-7-20-40(21-8-1)48(41-22-9-2-10-23-41,42-24-11-3-12-25-42)53-36-34-50-38-46-32-19-33-47(52-46)39-51-35-37-54-49(43-26-13-4-14-27-43,44-28-15-5-16-29-44)45-30-17-6-18-31-45/h1-33,50-51H,34-39H2. The van der Waals surface area contributed by atoms with E-state index < -0.39 is 0 Å². The summed E-state index contributed by atoms with van der Waals surface area (Å²) < 4.78 is -0.618. The maximum atomic E-state index is 5.01. The van der Waals surface area contributed by atoms with Crippen LogP contribution in [0.25, 0.3) is 0 Å². The van der Waals surface area contributed by atoms with E-state index in [1.165, 1.54) is 33.4 Å². The summed E-state index contributed by atoms with van der Waals surface area (Å²) in [4.78, 5) is 5.01. The third-order valence-corrected chi connectivity index (χ3v) is 12.9. The van der Waals surface area contributed by atoms with Crippen molar-refractivity contribution in [2.45, 2.75) is 22.6 Å². The van der Waals surface area contributed by atoms with Crippen LogP contribution < -0.4 is 10.6 Å². The molecule has 0 spiro atoms. The smallest absolute Gasteiger partial charge is 0.0907 e.